The van der Waals surface area contributed by atoms with Crippen LogP contribution in [0.25, 0.3) is 0 Å². The SMILES string of the molecule is CCCCCN(CCN)C1CCC1. The fourth-order valence-corrected chi connectivity index (χ4v) is 1.96. The highest BCUT2D eigenvalue weighted by Crippen LogP contribution is 2.24. The summed E-state index contributed by atoms with van der Waals surface area (Å²) in [4.78, 5) is 2.60. The van der Waals surface area contributed by atoms with Crippen molar-refractivity contribution in [3.8, 4) is 0 Å². The van der Waals surface area contributed by atoms with Gasteiger partial charge in [-0.1, -0.05) is 26.2 Å². The Bertz CT molecular complexity index is 121. The van der Waals surface area contributed by atoms with Crippen LogP contribution in [0.4, 0.5) is 0 Å². The Morgan fingerprint density at radius 1 is 1.23 bits per heavy atom. The number of rotatable bonds is 7. The van der Waals surface area contributed by atoms with Gasteiger partial charge in [0.2, 0.25) is 0 Å². The zero-order valence-corrected chi connectivity index (χ0v) is 8.97. The molecule has 0 aromatic heterocycles. The average molecular weight is 184 g/mol. The molecule has 0 aromatic rings. The smallest absolute Gasteiger partial charge is 0.0108 e. The molecule has 1 aliphatic carbocycles. The Morgan fingerprint density at radius 2 is 2.00 bits per heavy atom. The lowest BCUT2D eigenvalue weighted by Gasteiger charge is -2.37. The highest BCUT2D eigenvalue weighted by atomic mass is 15.2. The molecule has 2 N–H and O–H groups in total. The number of unbranched alkanes of at least 4 members (excludes halogenated alkanes) is 2. The molecule has 0 aliphatic heterocycles. The van der Waals surface area contributed by atoms with Crippen LogP contribution in [-0.2, 0) is 0 Å². The molecule has 0 bridgehead atoms. The van der Waals surface area contributed by atoms with Crippen molar-refractivity contribution < 1.29 is 0 Å². The molecule has 0 heterocycles. The predicted octanol–water partition coefficient (Wildman–Crippen LogP) is 1.99. The maximum Gasteiger partial charge on any atom is 0.0108 e. The van der Waals surface area contributed by atoms with Crippen LogP contribution in [0.15, 0.2) is 0 Å². The van der Waals surface area contributed by atoms with Crippen molar-refractivity contribution in [1.82, 2.24) is 4.90 Å². The van der Waals surface area contributed by atoms with E-state index >= 15 is 0 Å². The molecule has 1 rings (SSSR count). The van der Waals surface area contributed by atoms with Crippen molar-refractivity contribution in [3.63, 3.8) is 0 Å². The molecule has 0 amide bonds. The van der Waals surface area contributed by atoms with Gasteiger partial charge in [-0.15, -0.1) is 0 Å². The molecule has 1 aliphatic rings. The lowest BCUT2D eigenvalue weighted by molar-refractivity contribution is 0.128. The number of nitrogens with zero attached hydrogens (tertiary/aromatic N) is 1. The van der Waals surface area contributed by atoms with Crippen LogP contribution in [0, 0.1) is 0 Å². The van der Waals surface area contributed by atoms with Gasteiger partial charge < -0.3 is 5.73 Å². The largest absolute Gasteiger partial charge is 0.329 e. The molecule has 2 nitrogen and oxygen atoms in total. The second kappa shape index (κ2) is 6.39. The van der Waals surface area contributed by atoms with Gasteiger partial charge in [-0.05, 0) is 25.8 Å². The standard InChI is InChI=1S/C11H24N2/c1-2-3-4-9-13(10-8-12)11-6-5-7-11/h11H,2-10,12H2,1H3. The summed E-state index contributed by atoms with van der Waals surface area (Å²) in [6.45, 7) is 5.46. The Balaban J connectivity index is 2.12. The third-order valence-corrected chi connectivity index (χ3v) is 3.06. The summed E-state index contributed by atoms with van der Waals surface area (Å²) in [6.07, 6.45) is 8.29. The fraction of sp³-hybridized carbons (Fsp3) is 1.00. The summed E-state index contributed by atoms with van der Waals surface area (Å²) in [5, 5.41) is 0. The van der Waals surface area contributed by atoms with Crippen molar-refractivity contribution >= 4 is 0 Å². The van der Waals surface area contributed by atoms with Crippen molar-refractivity contribution in [2.24, 2.45) is 5.73 Å². The molecule has 0 unspecified atom stereocenters. The van der Waals surface area contributed by atoms with E-state index in [4.69, 9.17) is 5.73 Å². The predicted molar refractivity (Wildman–Crippen MR) is 57.8 cm³/mol. The minimum absolute atomic E-state index is 0.822. The van der Waals surface area contributed by atoms with Crippen molar-refractivity contribution in [2.75, 3.05) is 19.6 Å². The molecule has 1 fully saturated rings. The Morgan fingerprint density at radius 3 is 2.46 bits per heavy atom. The van der Waals surface area contributed by atoms with Gasteiger partial charge in [0.05, 0.1) is 0 Å². The lowest BCUT2D eigenvalue weighted by atomic mass is 9.91. The van der Waals surface area contributed by atoms with E-state index in [1.165, 1.54) is 45.1 Å². The first-order valence-electron chi connectivity index (χ1n) is 5.82. The van der Waals surface area contributed by atoms with Crippen LogP contribution in [-0.4, -0.2) is 30.6 Å². The zero-order chi connectivity index (χ0) is 9.52. The van der Waals surface area contributed by atoms with Gasteiger partial charge in [0.25, 0.3) is 0 Å². The molecule has 1 saturated carbocycles. The third kappa shape index (κ3) is 3.65. The van der Waals surface area contributed by atoms with Gasteiger partial charge in [0.1, 0.15) is 0 Å². The molecule has 0 spiro atoms. The highest BCUT2D eigenvalue weighted by Gasteiger charge is 2.23. The molecule has 0 saturated heterocycles. The second-order valence-electron chi connectivity index (χ2n) is 4.12. The van der Waals surface area contributed by atoms with E-state index < -0.39 is 0 Å². The van der Waals surface area contributed by atoms with Crippen molar-refractivity contribution in [3.05, 3.63) is 0 Å². The summed E-state index contributed by atoms with van der Waals surface area (Å²) in [6, 6.07) is 0.875. The van der Waals surface area contributed by atoms with Crippen LogP contribution in [0.3, 0.4) is 0 Å². The maximum absolute atomic E-state index is 5.61. The van der Waals surface area contributed by atoms with E-state index in [1.807, 2.05) is 0 Å². The van der Waals surface area contributed by atoms with Crippen LogP contribution in [0.1, 0.15) is 45.4 Å². The van der Waals surface area contributed by atoms with E-state index in [0.717, 1.165) is 19.1 Å². The average Bonchev–Trinajstić information content (AvgIpc) is 2.02. The van der Waals surface area contributed by atoms with Gasteiger partial charge >= 0.3 is 0 Å². The topological polar surface area (TPSA) is 29.3 Å². The highest BCUT2D eigenvalue weighted by molar-refractivity contribution is 4.79. The van der Waals surface area contributed by atoms with Gasteiger partial charge in [-0.25, -0.2) is 0 Å². The van der Waals surface area contributed by atoms with E-state index in [9.17, 15) is 0 Å². The molecule has 0 atom stereocenters. The van der Waals surface area contributed by atoms with Gasteiger partial charge in [0.15, 0.2) is 0 Å². The Labute approximate surface area is 82.5 Å². The molecular weight excluding hydrogens is 160 g/mol. The normalized spacial score (nSPS) is 17.8. The van der Waals surface area contributed by atoms with Crippen molar-refractivity contribution in [1.29, 1.82) is 0 Å². The first-order valence-corrected chi connectivity index (χ1v) is 5.82. The molecule has 0 aromatic carbocycles. The second-order valence-corrected chi connectivity index (χ2v) is 4.12. The monoisotopic (exact) mass is 184 g/mol. The summed E-state index contributed by atoms with van der Waals surface area (Å²) >= 11 is 0. The Hall–Kier alpha value is -0.0800. The quantitative estimate of drug-likeness (QED) is 0.613. The van der Waals surface area contributed by atoms with Gasteiger partial charge in [-0.3, -0.25) is 4.90 Å². The van der Waals surface area contributed by atoms with Crippen LogP contribution in [0.5, 0.6) is 0 Å². The van der Waals surface area contributed by atoms with Crippen molar-refractivity contribution in [2.45, 2.75) is 51.5 Å². The molecule has 2 heteroatoms. The molecule has 13 heavy (non-hydrogen) atoms. The van der Waals surface area contributed by atoms with Crippen LogP contribution in [0.2, 0.25) is 0 Å². The van der Waals surface area contributed by atoms with Crippen LogP contribution >= 0.6 is 0 Å². The number of nitrogens with two attached hydrogens (primary N) is 1. The third-order valence-electron chi connectivity index (χ3n) is 3.06. The first kappa shape index (κ1) is 11.0. The summed E-state index contributed by atoms with van der Waals surface area (Å²) in [5.41, 5.74) is 5.61. The van der Waals surface area contributed by atoms with E-state index in [2.05, 4.69) is 11.8 Å². The van der Waals surface area contributed by atoms with Gasteiger partial charge in [-0.2, -0.15) is 0 Å². The summed E-state index contributed by atoms with van der Waals surface area (Å²) in [7, 11) is 0. The molecular formula is C11H24N2. The van der Waals surface area contributed by atoms with E-state index in [0.29, 0.717) is 0 Å². The first-order chi connectivity index (χ1) is 6.38. The zero-order valence-electron chi connectivity index (χ0n) is 8.97. The lowest BCUT2D eigenvalue weighted by Crippen LogP contribution is -2.43. The maximum atomic E-state index is 5.61. The van der Waals surface area contributed by atoms with E-state index in [-0.39, 0.29) is 0 Å². The number of hydrogen-bond acceptors (Lipinski definition) is 2. The molecule has 78 valence electrons. The van der Waals surface area contributed by atoms with E-state index in [1.54, 1.807) is 0 Å². The summed E-state index contributed by atoms with van der Waals surface area (Å²) in [5.74, 6) is 0. The van der Waals surface area contributed by atoms with Crippen LogP contribution < -0.4 is 5.73 Å². The molecule has 0 radical (unpaired) electrons. The van der Waals surface area contributed by atoms with Gasteiger partial charge in [0, 0.05) is 19.1 Å². The minimum Gasteiger partial charge on any atom is -0.329 e. The summed E-state index contributed by atoms with van der Waals surface area (Å²) < 4.78 is 0. The minimum atomic E-state index is 0.822. The number of hydrogen-bond donors (Lipinski definition) is 1. The Kier molecular flexibility index (Phi) is 5.40. The fourth-order valence-electron chi connectivity index (χ4n) is 1.96.